The minimum Gasteiger partial charge on any atom is -0.494 e. The number of ether oxygens (including phenoxy) is 1. The Morgan fingerprint density at radius 1 is 1.11 bits per heavy atom. The maximum atomic E-state index is 11.8. The van der Waals surface area contributed by atoms with E-state index in [9.17, 15) is 8.42 Å². The molecule has 1 aliphatic rings. The van der Waals surface area contributed by atoms with Gasteiger partial charge in [0.05, 0.1) is 35.8 Å². The van der Waals surface area contributed by atoms with Gasteiger partial charge in [-0.25, -0.2) is 8.42 Å². The fraction of sp³-hybridized carbons (Fsp3) is 0.154. The van der Waals surface area contributed by atoms with Gasteiger partial charge in [-0.2, -0.15) is 0 Å². The lowest BCUT2D eigenvalue weighted by molar-refractivity contribution is 0.416. The molecule has 0 spiro atoms. The molecule has 0 unspecified atom stereocenters. The molecule has 0 aliphatic carbocycles. The molecule has 38 heavy (non-hydrogen) atoms. The second kappa shape index (κ2) is 10.5. The van der Waals surface area contributed by atoms with E-state index in [0.29, 0.717) is 49.4 Å². The van der Waals surface area contributed by atoms with Gasteiger partial charge in [0.1, 0.15) is 23.3 Å². The quantitative estimate of drug-likeness (QED) is 0.246. The predicted octanol–water partition coefficient (Wildman–Crippen LogP) is 6.21. The van der Waals surface area contributed by atoms with Gasteiger partial charge in [-0.15, -0.1) is 0 Å². The van der Waals surface area contributed by atoms with E-state index in [1.165, 1.54) is 7.11 Å². The summed E-state index contributed by atoms with van der Waals surface area (Å²) in [6, 6.07) is 18.9. The molecule has 1 aliphatic heterocycles. The number of methoxy groups -OCH3 is 1. The van der Waals surface area contributed by atoms with Gasteiger partial charge in [0.25, 0.3) is 0 Å². The Morgan fingerprint density at radius 2 is 1.92 bits per heavy atom. The van der Waals surface area contributed by atoms with Crippen LogP contribution >= 0.6 is 35.4 Å². The SMILES string of the molecule is COc1cc(N2C(=S)N[C@@H](c3ccccn3)[C@@H]2c2ccc(-c3ccc(Cl)cc3Cl)o2)ccc1NS(C)(=O)=O. The van der Waals surface area contributed by atoms with Gasteiger partial charge < -0.3 is 19.4 Å². The third kappa shape index (κ3) is 5.30. The van der Waals surface area contributed by atoms with Crippen molar-refractivity contribution in [3.8, 4) is 17.1 Å². The molecule has 3 heterocycles. The monoisotopic (exact) mass is 588 g/mol. The molecule has 0 bridgehead atoms. The van der Waals surface area contributed by atoms with Crippen LogP contribution in [0.5, 0.6) is 5.75 Å². The Labute approximate surface area is 235 Å². The van der Waals surface area contributed by atoms with Gasteiger partial charge in [-0.3, -0.25) is 9.71 Å². The number of anilines is 2. The number of nitrogens with one attached hydrogen (secondary N) is 2. The molecule has 5 rings (SSSR count). The summed E-state index contributed by atoms with van der Waals surface area (Å²) >= 11 is 18.3. The number of hydrogen-bond donors (Lipinski definition) is 2. The average molecular weight is 590 g/mol. The zero-order chi connectivity index (χ0) is 27.0. The van der Waals surface area contributed by atoms with E-state index in [-0.39, 0.29) is 6.04 Å². The zero-order valence-electron chi connectivity index (χ0n) is 20.2. The maximum Gasteiger partial charge on any atom is 0.229 e. The highest BCUT2D eigenvalue weighted by atomic mass is 35.5. The average Bonchev–Trinajstić information content (AvgIpc) is 3.48. The van der Waals surface area contributed by atoms with Gasteiger partial charge in [0, 0.05) is 28.5 Å². The first-order valence-electron chi connectivity index (χ1n) is 11.4. The molecule has 0 amide bonds. The molecule has 8 nitrogen and oxygen atoms in total. The topological polar surface area (TPSA) is 96.7 Å². The van der Waals surface area contributed by atoms with Crippen LogP contribution in [0.1, 0.15) is 23.5 Å². The molecule has 1 fully saturated rings. The number of pyridine rings is 1. The van der Waals surface area contributed by atoms with E-state index in [1.807, 2.05) is 35.2 Å². The summed E-state index contributed by atoms with van der Waals surface area (Å²) in [4.78, 5) is 6.44. The number of benzene rings is 2. The predicted molar refractivity (Wildman–Crippen MR) is 154 cm³/mol. The summed E-state index contributed by atoms with van der Waals surface area (Å²) in [6.07, 6.45) is 2.80. The standard InChI is InChI=1S/C26H22Cl2N4O4S2/c1-35-23-14-16(7-9-19(23)31-38(2,33)34)32-25(24(30-26(32)37)20-5-3-4-12-29-20)22-11-10-21(36-22)17-8-6-15(27)13-18(17)28/h3-14,24-25,31H,1-2H3,(H,30,37)/t24-,25-/m0/s1. The first kappa shape index (κ1) is 26.3. The van der Waals surface area contributed by atoms with Crippen LogP contribution < -0.4 is 19.7 Å². The number of halogens is 2. The van der Waals surface area contributed by atoms with Crippen LogP contribution in [0.15, 0.2) is 77.3 Å². The number of furan rings is 1. The van der Waals surface area contributed by atoms with Crippen molar-refractivity contribution in [2.75, 3.05) is 23.0 Å². The minimum absolute atomic E-state index is 0.312. The highest BCUT2D eigenvalue weighted by Crippen LogP contribution is 2.45. The fourth-order valence-electron chi connectivity index (χ4n) is 4.38. The molecule has 0 saturated carbocycles. The van der Waals surface area contributed by atoms with Crippen molar-refractivity contribution in [2.24, 2.45) is 0 Å². The molecule has 196 valence electrons. The largest absolute Gasteiger partial charge is 0.494 e. The normalized spacial score (nSPS) is 17.4. The van der Waals surface area contributed by atoms with Crippen molar-refractivity contribution in [3.05, 3.63) is 94.4 Å². The molecule has 2 aromatic heterocycles. The summed E-state index contributed by atoms with van der Waals surface area (Å²) in [5.41, 5.74) is 2.46. The molecule has 0 radical (unpaired) electrons. The number of nitrogens with zero attached hydrogens (tertiary/aromatic N) is 2. The third-order valence-electron chi connectivity index (χ3n) is 5.97. The van der Waals surface area contributed by atoms with Crippen LogP contribution in [0, 0.1) is 0 Å². The highest BCUT2D eigenvalue weighted by molar-refractivity contribution is 7.92. The van der Waals surface area contributed by atoms with Crippen molar-refractivity contribution >= 4 is 61.9 Å². The molecule has 1 saturated heterocycles. The first-order chi connectivity index (χ1) is 18.1. The number of sulfonamides is 1. The van der Waals surface area contributed by atoms with E-state index in [1.54, 1.807) is 42.6 Å². The van der Waals surface area contributed by atoms with Crippen molar-refractivity contribution in [1.82, 2.24) is 10.3 Å². The van der Waals surface area contributed by atoms with Crippen molar-refractivity contribution in [3.63, 3.8) is 0 Å². The number of thiocarbonyl (C=S) groups is 1. The van der Waals surface area contributed by atoms with Crippen LogP contribution in [0.3, 0.4) is 0 Å². The van der Waals surface area contributed by atoms with E-state index in [4.69, 9.17) is 44.6 Å². The van der Waals surface area contributed by atoms with Crippen LogP contribution in [-0.2, 0) is 10.0 Å². The molecule has 2 atom stereocenters. The molecule has 2 N–H and O–H groups in total. The summed E-state index contributed by atoms with van der Waals surface area (Å²) in [7, 11) is -2.04. The minimum atomic E-state index is -3.50. The molecule has 2 aromatic carbocycles. The van der Waals surface area contributed by atoms with Crippen LogP contribution in [0.25, 0.3) is 11.3 Å². The second-order valence-corrected chi connectivity index (χ2v) is 11.6. The second-order valence-electron chi connectivity index (χ2n) is 8.58. The van der Waals surface area contributed by atoms with Crippen LogP contribution in [0.4, 0.5) is 11.4 Å². The Morgan fingerprint density at radius 3 is 2.61 bits per heavy atom. The first-order valence-corrected chi connectivity index (χ1v) is 14.4. The lowest BCUT2D eigenvalue weighted by Gasteiger charge is -2.27. The van der Waals surface area contributed by atoms with Crippen LogP contribution in [0.2, 0.25) is 10.0 Å². The van der Waals surface area contributed by atoms with Gasteiger partial charge in [-0.1, -0.05) is 29.3 Å². The number of aromatic nitrogens is 1. The summed E-state index contributed by atoms with van der Waals surface area (Å²) in [5, 5.41) is 4.80. The Hall–Kier alpha value is -3.31. The Kier molecular flexibility index (Phi) is 7.23. The van der Waals surface area contributed by atoms with Crippen molar-refractivity contribution < 1.29 is 17.6 Å². The summed E-state index contributed by atoms with van der Waals surface area (Å²) in [5.74, 6) is 1.53. The van der Waals surface area contributed by atoms with Gasteiger partial charge in [-0.05, 0) is 66.8 Å². The number of hydrogen-bond acceptors (Lipinski definition) is 6. The van der Waals surface area contributed by atoms with Gasteiger partial charge in [0.15, 0.2) is 5.11 Å². The molecule has 4 aromatic rings. The van der Waals surface area contributed by atoms with E-state index in [2.05, 4.69) is 15.0 Å². The fourth-order valence-corrected chi connectivity index (χ4v) is 5.80. The van der Waals surface area contributed by atoms with E-state index in [0.717, 1.165) is 11.9 Å². The Balaban J connectivity index is 1.60. The van der Waals surface area contributed by atoms with E-state index >= 15 is 0 Å². The third-order valence-corrected chi connectivity index (χ3v) is 7.42. The van der Waals surface area contributed by atoms with Crippen molar-refractivity contribution in [2.45, 2.75) is 12.1 Å². The lowest BCUT2D eigenvalue weighted by Crippen LogP contribution is -2.29. The summed E-state index contributed by atoms with van der Waals surface area (Å²) < 4.78 is 37.9. The van der Waals surface area contributed by atoms with E-state index < -0.39 is 16.1 Å². The smallest absolute Gasteiger partial charge is 0.229 e. The molecule has 12 heteroatoms. The van der Waals surface area contributed by atoms with Crippen molar-refractivity contribution in [1.29, 1.82) is 0 Å². The molecular formula is C26H22Cl2N4O4S2. The van der Waals surface area contributed by atoms with Crippen LogP contribution in [-0.4, -0.2) is 31.9 Å². The zero-order valence-corrected chi connectivity index (χ0v) is 23.3. The Bertz CT molecular complexity index is 1610. The molecular weight excluding hydrogens is 567 g/mol. The highest BCUT2D eigenvalue weighted by Gasteiger charge is 2.43. The van der Waals surface area contributed by atoms with Gasteiger partial charge >= 0.3 is 0 Å². The lowest BCUT2D eigenvalue weighted by atomic mass is 10.0. The number of rotatable bonds is 7. The summed E-state index contributed by atoms with van der Waals surface area (Å²) in [6.45, 7) is 0. The maximum absolute atomic E-state index is 11.8. The van der Waals surface area contributed by atoms with Gasteiger partial charge in [0.2, 0.25) is 10.0 Å².